The normalized spacial score (nSPS) is 13.1. The van der Waals surface area contributed by atoms with Gasteiger partial charge in [-0.15, -0.1) is 6.58 Å². The summed E-state index contributed by atoms with van der Waals surface area (Å²) in [4.78, 5) is 10.4. The van der Waals surface area contributed by atoms with Crippen molar-refractivity contribution in [2.24, 2.45) is 5.92 Å². The molecule has 0 spiro atoms. The molecular weight excluding hydrogens is 126 g/mol. The molecule has 0 saturated heterocycles. The van der Waals surface area contributed by atoms with E-state index < -0.39 is 0 Å². The number of aldehydes is 1. The predicted molar refractivity (Wildman–Crippen MR) is 42.9 cm³/mol. The Bertz CT molecular complexity index is 110. The van der Waals surface area contributed by atoms with E-state index in [1.54, 1.807) is 6.08 Å². The average molecular weight is 141 g/mol. The van der Waals surface area contributed by atoms with E-state index in [2.05, 4.69) is 11.9 Å². The standard InChI is InChI=1S/C8H15NO/c1-4-5-9-8(6-10)7(2)3/h4,6-9H,1,5H2,2-3H3/t8-/m1/s1. The Morgan fingerprint density at radius 3 is 2.50 bits per heavy atom. The molecule has 0 saturated carbocycles. The summed E-state index contributed by atoms with van der Waals surface area (Å²) in [6.45, 7) is 8.26. The topological polar surface area (TPSA) is 29.1 Å². The molecule has 2 nitrogen and oxygen atoms in total. The first kappa shape index (κ1) is 9.37. The maximum atomic E-state index is 10.4. The van der Waals surface area contributed by atoms with Crippen LogP contribution in [0.2, 0.25) is 0 Å². The van der Waals surface area contributed by atoms with E-state index in [0.29, 0.717) is 12.5 Å². The lowest BCUT2D eigenvalue weighted by molar-refractivity contribution is -0.110. The van der Waals surface area contributed by atoms with Crippen LogP contribution in [-0.2, 0) is 4.79 Å². The van der Waals surface area contributed by atoms with Crippen molar-refractivity contribution < 1.29 is 4.79 Å². The van der Waals surface area contributed by atoms with Crippen molar-refractivity contribution in [2.75, 3.05) is 6.54 Å². The summed E-state index contributed by atoms with van der Waals surface area (Å²) >= 11 is 0. The van der Waals surface area contributed by atoms with Crippen molar-refractivity contribution in [1.29, 1.82) is 0 Å². The van der Waals surface area contributed by atoms with Gasteiger partial charge in [0, 0.05) is 6.54 Å². The van der Waals surface area contributed by atoms with Crippen LogP contribution in [-0.4, -0.2) is 18.9 Å². The van der Waals surface area contributed by atoms with Gasteiger partial charge in [-0.25, -0.2) is 0 Å². The van der Waals surface area contributed by atoms with E-state index >= 15 is 0 Å². The Morgan fingerprint density at radius 2 is 2.20 bits per heavy atom. The van der Waals surface area contributed by atoms with Gasteiger partial charge in [-0.05, 0) is 5.92 Å². The Morgan fingerprint density at radius 1 is 1.60 bits per heavy atom. The monoisotopic (exact) mass is 141 g/mol. The minimum atomic E-state index is -0.0296. The van der Waals surface area contributed by atoms with E-state index in [0.717, 1.165) is 6.29 Å². The zero-order valence-electron chi connectivity index (χ0n) is 6.63. The molecule has 0 bridgehead atoms. The Hall–Kier alpha value is -0.630. The summed E-state index contributed by atoms with van der Waals surface area (Å²) in [5.74, 6) is 0.359. The molecular formula is C8H15NO. The number of hydrogen-bond acceptors (Lipinski definition) is 2. The highest BCUT2D eigenvalue weighted by atomic mass is 16.1. The average Bonchev–Trinajstić information content (AvgIpc) is 1.89. The first-order chi connectivity index (χ1) is 4.72. The van der Waals surface area contributed by atoms with Crippen LogP contribution in [0.1, 0.15) is 13.8 Å². The van der Waals surface area contributed by atoms with Crippen LogP contribution in [0, 0.1) is 5.92 Å². The highest BCUT2D eigenvalue weighted by Gasteiger charge is 2.08. The van der Waals surface area contributed by atoms with Gasteiger partial charge in [0.25, 0.3) is 0 Å². The molecule has 0 fully saturated rings. The maximum Gasteiger partial charge on any atom is 0.137 e. The van der Waals surface area contributed by atoms with Crippen LogP contribution in [0.3, 0.4) is 0 Å². The van der Waals surface area contributed by atoms with Crippen molar-refractivity contribution in [1.82, 2.24) is 5.32 Å². The third-order valence-corrected chi connectivity index (χ3v) is 1.36. The molecule has 0 amide bonds. The molecule has 0 aromatic carbocycles. The molecule has 0 aliphatic carbocycles. The fourth-order valence-corrected chi connectivity index (χ4v) is 0.660. The number of nitrogens with one attached hydrogen (secondary N) is 1. The minimum absolute atomic E-state index is 0.0296. The van der Waals surface area contributed by atoms with Crippen molar-refractivity contribution >= 4 is 6.29 Å². The molecule has 58 valence electrons. The van der Waals surface area contributed by atoms with Gasteiger partial charge < -0.3 is 10.1 Å². The molecule has 0 aliphatic rings. The van der Waals surface area contributed by atoms with Gasteiger partial charge in [0.1, 0.15) is 6.29 Å². The fourth-order valence-electron chi connectivity index (χ4n) is 0.660. The molecule has 0 unspecified atom stereocenters. The highest BCUT2D eigenvalue weighted by Crippen LogP contribution is 1.96. The van der Waals surface area contributed by atoms with E-state index in [9.17, 15) is 4.79 Å². The molecule has 10 heavy (non-hydrogen) atoms. The van der Waals surface area contributed by atoms with E-state index in [1.807, 2.05) is 13.8 Å². The molecule has 0 aromatic heterocycles. The molecule has 0 radical (unpaired) electrons. The van der Waals surface area contributed by atoms with E-state index in [-0.39, 0.29) is 6.04 Å². The SMILES string of the molecule is C=CCN[C@H](C=O)C(C)C. The Kier molecular flexibility index (Phi) is 4.85. The number of carbonyl (C=O) groups excluding carboxylic acids is 1. The van der Waals surface area contributed by atoms with E-state index in [1.165, 1.54) is 0 Å². The molecule has 0 aromatic rings. The molecule has 0 rings (SSSR count). The zero-order valence-corrected chi connectivity index (χ0v) is 6.63. The summed E-state index contributed by atoms with van der Waals surface area (Å²) in [6, 6.07) is -0.0296. The van der Waals surface area contributed by atoms with Crippen molar-refractivity contribution in [3.63, 3.8) is 0 Å². The smallest absolute Gasteiger partial charge is 0.137 e. The van der Waals surface area contributed by atoms with Crippen LogP contribution >= 0.6 is 0 Å². The quantitative estimate of drug-likeness (QED) is 0.457. The van der Waals surface area contributed by atoms with Crippen LogP contribution < -0.4 is 5.32 Å². The van der Waals surface area contributed by atoms with Gasteiger partial charge in [0.15, 0.2) is 0 Å². The summed E-state index contributed by atoms with van der Waals surface area (Å²) in [5.41, 5.74) is 0. The molecule has 0 heterocycles. The number of rotatable bonds is 5. The van der Waals surface area contributed by atoms with Crippen molar-refractivity contribution in [3.8, 4) is 0 Å². The molecule has 0 aliphatic heterocycles. The second-order valence-corrected chi connectivity index (χ2v) is 2.60. The Balaban J connectivity index is 3.59. The van der Waals surface area contributed by atoms with Gasteiger partial charge in [-0.2, -0.15) is 0 Å². The van der Waals surface area contributed by atoms with Crippen LogP contribution in [0.5, 0.6) is 0 Å². The van der Waals surface area contributed by atoms with Gasteiger partial charge in [0.05, 0.1) is 6.04 Å². The predicted octanol–water partition coefficient (Wildman–Crippen LogP) is 0.985. The van der Waals surface area contributed by atoms with E-state index in [4.69, 9.17) is 0 Å². The lowest BCUT2D eigenvalue weighted by Gasteiger charge is -2.13. The lowest BCUT2D eigenvalue weighted by atomic mass is 10.1. The third kappa shape index (κ3) is 3.41. The van der Waals surface area contributed by atoms with Gasteiger partial charge >= 0.3 is 0 Å². The number of carbonyl (C=O) groups is 1. The zero-order chi connectivity index (χ0) is 7.98. The van der Waals surface area contributed by atoms with Crippen molar-refractivity contribution in [3.05, 3.63) is 12.7 Å². The fraction of sp³-hybridized carbons (Fsp3) is 0.625. The minimum Gasteiger partial charge on any atom is -0.304 e. The first-order valence-corrected chi connectivity index (χ1v) is 3.52. The summed E-state index contributed by atoms with van der Waals surface area (Å²) in [7, 11) is 0. The largest absolute Gasteiger partial charge is 0.304 e. The number of hydrogen-bond donors (Lipinski definition) is 1. The van der Waals surface area contributed by atoms with Crippen LogP contribution in [0.4, 0.5) is 0 Å². The lowest BCUT2D eigenvalue weighted by Crippen LogP contribution is -2.35. The molecule has 1 atom stereocenters. The summed E-state index contributed by atoms with van der Waals surface area (Å²) < 4.78 is 0. The Labute approximate surface area is 62.3 Å². The third-order valence-electron chi connectivity index (χ3n) is 1.36. The van der Waals surface area contributed by atoms with Crippen molar-refractivity contribution in [2.45, 2.75) is 19.9 Å². The van der Waals surface area contributed by atoms with Gasteiger partial charge in [-0.3, -0.25) is 0 Å². The molecule has 1 N–H and O–H groups in total. The highest BCUT2D eigenvalue weighted by molar-refractivity contribution is 5.57. The first-order valence-electron chi connectivity index (χ1n) is 3.52. The van der Waals surface area contributed by atoms with Crippen LogP contribution in [0.25, 0.3) is 0 Å². The summed E-state index contributed by atoms with van der Waals surface area (Å²) in [6.07, 6.45) is 2.69. The van der Waals surface area contributed by atoms with Gasteiger partial charge in [0.2, 0.25) is 0 Å². The molecule has 2 heteroatoms. The maximum absolute atomic E-state index is 10.4. The van der Waals surface area contributed by atoms with Crippen LogP contribution in [0.15, 0.2) is 12.7 Å². The second kappa shape index (κ2) is 5.18. The van der Waals surface area contributed by atoms with Gasteiger partial charge in [-0.1, -0.05) is 19.9 Å². The second-order valence-electron chi connectivity index (χ2n) is 2.60. The summed E-state index contributed by atoms with van der Waals surface area (Å²) in [5, 5.41) is 3.03.